The molecule has 0 atom stereocenters. The van der Waals surface area contributed by atoms with Crippen LogP contribution in [0.25, 0.3) is 0 Å². The largest absolute Gasteiger partial charge is 0.491 e. The van der Waals surface area contributed by atoms with E-state index in [1.165, 1.54) is 0 Å². The van der Waals surface area contributed by atoms with Crippen molar-refractivity contribution in [3.05, 3.63) is 29.8 Å². The SMILES string of the molecule is CC(C)Oc1cccc(C[C]=O)c1. The Morgan fingerprint density at radius 2 is 2.23 bits per heavy atom. The van der Waals surface area contributed by atoms with Gasteiger partial charge < -0.3 is 4.74 Å². The Morgan fingerprint density at radius 3 is 2.85 bits per heavy atom. The molecule has 0 unspecified atom stereocenters. The van der Waals surface area contributed by atoms with Crippen LogP contribution in [-0.2, 0) is 11.2 Å². The Hall–Kier alpha value is -1.31. The van der Waals surface area contributed by atoms with Gasteiger partial charge in [-0.05, 0) is 31.5 Å². The first-order chi connectivity index (χ1) is 6.22. The van der Waals surface area contributed by atoms with Gasteiger partial charge in [-0.2, -0.15) is 0 Å². The molecule has 0 spiro atoms. The van der Waals surface area contributed by atoms with E-state index in [2.05, 4.69) is 0 Å². The molecule has 1 rings (SSSR count). The van der Waals surface area contributed by atoms with Crippen LogP contribution in [-0.4, -0.2) is 12.4 Å². The molecule has 1 aromatic carbocycles. The second-order valence-electron chi connectivity index (χ2n) is 3.14. The third kappa shape index (κ3) is 3.28. The summed E-state index contributed by atoms with van der Waals surface area (Å²) in [6, 6.07) is 7.52. The van der Waals surface area contributed by atoms with Crippen LogP contribution in [0.1, 0.15) is 19.4 Å². The summed E-state index contributed by atoms with van der Waals surface area (Å²) in [5, 5.41) is 0. The summed E-state index contributed by atoms with van der Waals surface area (Å²) in [6.07, 6.45) is 2.35. The Kier molecular flexibility index (Phi) is 3.50. The van der Waals surface area contributed by atoms with Gasteiger partial charge in [-0.3, -0.25) is 4.79 Å². The maximum atomic E-state index is 10.1. The molecule has 0 saturated carbocycles. The highest BCUT2D eigenvalue weighted by Crippen LogP contribution is 2.14. The molecule has 0 aliphatic rings. The monoisotopic (exact) mass is 177 g/mol. The van der Waals surface area contributed by atoms with Crippen molar-refractivity contribution in [2.75, 3.05) is 0 Å². The minimum atomic E-state index is 0.162. The summed E-state index contributed by atoms with van der Waals surface area (Å²) in [4.78, 5) is 10.1. The molecule has 0 N–H and O–H groups in total. The van der Waals surface area contributed by atoms with E-state index in [1.54, 1.807) is 0 Å². The Labute approximate surface area is 78.5 Å². The number of rotatable bonds is 4. The van der Waals surface area contributed by atoms with Crippen molar-refractivity contribution < 1.29 is 9.53 Å². The fraction of sp³-hybridized carbons (Fsp3) is 0.364. The lowest BCUT2D eigenvalue weighted by molar-refractivity contribution is 0.242. The standard InChI is InChI=1S/C11H13O2/c1-9(2)13-11-5-3-4-10(8-11)6-7-12/h3-5,8-9H,6H2,1-2H3. The van der Waals surface area contributed by atoms with Crippen molar-refractivity contribution in [3.8, 4) is 5.75 Å². The van der Waals surface area contributed by atoms with Crippen molar-refractivity contribution in [2.45, 2.75) is 26.4 Å². The van der Waals surface area contributed by atoms with Crippen LogP contribution < -0.4 is 4.74 Å². The van der Waals surface area contributed by atoms with E-state index in [9.17, 15) is 4.79 Å². The van der Waals surface area contributed by atoms with Gasteiger partial charge in [0.25, 0.3) is 0 Å². The summed E-state index contributed by atoms with van der Waals surface area (Å²) < 4.78 is 5.47. The molecule has 69 valence electrons. The molecule has 0 heterocycles. The Morgan fingerprint density at radius 1 is 1.46 bits per heavy atom. The van der Waals surface area contributed by atoms with Gasteiger partial charge >= 0.3 is 0 Å². The number of carbonyl (C=O) groups excluding carboxylic acids is 1. The molecule has 0 amide bonds. The average Bonchev–Trinajstić information content (AvgIpc) is 2.04. The zero-order valence-electron chi connectivity index (χ0n) is 7.91. The quantitative estimate of drug-likeness (QED) is 0.704. The molecule has 0 aliphatic carbocycles. The molecule has 0 aromatic heterocycles. The molecule has 1 radical (unpaired) electrons. The highest BCUT2D eigenvalue weighted by atomic mass is 16.5. The molecule has 0 fully saturated rings. The van der Waals surface area contributed by atoms with E-state index >= 15 is 0 Å². The number of hydrogen-bond acceptors (Lipinski definition) is 2. The fourth-order valence-electron chi connectivity index (χ4n) is 1.08. The summed E-state index contributed by atoms with van der Waals surface area (Å²) in [5.74, 6) is 0.808. The van der Waals surface area contributed by atoms with Crippen molar-refractivity contribution in [2.24, 2.45) is 0 Å². The minimum absolute atomic E-state index is 0.162. The van der Waals surface area contributed by atoms with E-state index in [4.69, 9.17) is 4.74 Å². The topological polar surface area (TPSA) is 26.3 Å². The summed E-state index contributed by atoms with van der Waals surface area (Å²) >= 11 is 0. The van der Waals surface area contributed by atoms with Crippen LogP contribution in [0, 0.1) is 0 Å². The summed E-state index contributed by atoms with van der Waals surface area (Å²) in [5.41, 5.74) is 0.938. The first-order valence-corrected chi connectivity index (χ1v) is 4.33. The van der Waals surface area contributed by atoms with Crippen molar-refractivity contribution >= 4 is 6.29 Å². The van der Waals surface area contributed by atoms with Gasteiger partial charge in [0.1, 0.15) is 5.75 Å². The highest BCUT2D eigenvalue weighted by Gasteiger charge is 1.98. The van der Waals surface area contributed by atoms with E-state index in [0.717, 1.165) is 11.3 Å². The fourth-order valence-corrected chi connectivity index (χ4v) is 1.08. The molecule has 0 saturated heterocycles. The van der Waals surface area contributed by atoms with Crippen molar-refractivity contribution in [1.29, 1.82) is 0 Å². The highest BCUT2D eigenvalue weighted by molar-refractivity contribution is 5.56. The normalized spacial score (nSPS) is 10.1. The van der Waals surface area contributed by atoms with Crippen LogP contribution in [0.4, 0.5) is 0 Å². The lowest BCUT2D eigenvalue weighted by Crippen LogP contribution is -2.05. The van der Waals surface area contributed by atoms with Crippen LogP contribution in [0.5, 0.6) is 5.75 Å². The van der Waals surface area contributed by atoms with Gasteiger partial charge in [-0.25, -0.2) is 0 Å². The zero-order chi connectivity index (χ0) is 9.68. The van der Waals surface area contributed by atoms with E-state index < -0.39 is 0 Å². The zero-order valence-corrected chi connectivity index (χ0v) is 7.91. The summed E-state index contributed by atoms with van der Waals surface area (Å²) in [7, 11) is 0. The molecular formula is C11H13O2. The van der Waals surface area contributed by atoms with Crippen LogP contribution >= 0.6 is 0 Å². The van der Waals surface area contributed by atoms with Gasteiger partial charge in [0.05, 0.1) is 6.10 Å². The maximum absolute atomic E-state index is 10.1. The molecule has 0 bridgehead atoms. The third-order valence-electron chi connectivity index (χ3n) is 1.55. The number of hydrogen-bond donors (Lipinski definition) is 0. The van der Waals surface area contributed by atoms with Crippen LogP contribution in [0.2, 0.25) is 0 Å². The van der Waals surface area contributed by atoms with Crippen LogP contribution in [0.3, 0.4) is 0 Å². The number of ether oxygens (including phenoxy) is 1. The van der Waals surface area contributed by atoms with Gasteiger partial charge in [-0.15, -0.1) is 0 Å². The maximum Gasteiger partial charge on any atom is 0.203 e. The lowest BCUT2D eigenvalue weighted by atomic mass is 10.1. The van der Waals surface area contributed by atoms with E-state index in [1.807, 2.05) is 44.4 Å². The molecule has 2 nitrogen and oxygen atoms in total. The second kappa shape index (κ2) is 4.65. The van der Waals surface area contributed by atoms with Gasteiger partial charge in [-0.1, -0.05) is 12.1 Å². The lowest BCUT2D eigenvalue weighted by Gasteiger charge is -2.09. The van der Waals surface area contributed by atoms with E-state index in [-0.39, 0.29) is 6.10 Å². The predicted molar refractivity (Wildman–Crippen MR) is 51.6 cm³/mol. The van der Waals surface area contributed by atoms with E-state index in [0.29, 0.717) is 6.42 Å². The molecule has 0 aliphatic heterocycles. The third-order valence-corrected chi connectivity index (χ3v) is 1.55. The summed E-state index contributed by atoms with van der Waals surface area (Å²) in [6.45, 7) is 3.94. The number of benzene rings is 1. The average molecular weight is 177 g/mol. The minimum Gasteiger partial charge on any atom is -0.491 e. The molecule has 13 heavy (non-hydrogen) atoms. The molecule has 2 heteroatoms. The predicted octanol–water partition coefficient (Wildman–Crippen LogP) is 2.13. The Balaban J connectivity index is 2.72. The van der Waals surface area contributed by atoms with Crippen molar-refractivity contribution in [1.82, 2.24) is 0 Å². The molecular weight excluding hydrogens is 164 g/mol. The Bertz CT molecular complexity index is 279. The van der Waals surface area contributed by atoms with Crippen molar-refractivity contribution in [3.63, 3.8) is 0 Å². The first-order valence-electron chi connectivity index (χ1n) is 4.33. The van der Waals surface area contributed by atoms with Gasteiger partial charge in [0.2, 0.25) is 6.29 Å². The van der Waals surface area contributed by atoms with Crippen LogP contribution in [0.15, 0.2) is 24.3 Å². The second-order valence-corrected chi connectivity index (χ2v) is 3.14. The first kappa shape index (κ1) is 9.78. The van der Waals surface area contributed by atoms with Gasteiger partial charge in [0.15, 0.2) is 0 Å². The molecule has 1 aromatic rings. The van der Waals surface area contributed by atoms with Gasteiger partial charge in [0, 0.05) is 6.42 Å². The smallest absolute Gasteiger partial charge is 0.203 e.